The number of rotatable bonds is 5. The van der Waals surface area contributed by atoms with Crippen LogP contribution < -0.4 is 0 Å². The lowest BCUT2D eigenvalue weighted by Crippen LogP contribution is -2.39. The molecule has 0 aliphatic heterocycles. The van der Waals surface area contributed by atoms with Crippen molar-refractivity contribution in [3.8, 4) is 0 Å². The number of carbonyl (C=O) groups is 1. The van der Waals surface area contributed by atoms with Crippen LogP contribution in [-0.4, -0.2) is 18.9 Å². The summed E-state index contributed by atoms with van der Waals surface area (Å²) in [5.74, 6) is 0.136. The van der Waals surface area contributed by atoms with E-state index in [9.17, 15) is 9.59 Å². The van der Waals surface area contributed by atoms with E-state index < -0.39 is 8.32 Å². The van der Waals surface area contributed by atoms with Crippen molar-refractivity contribution in [1.29, 1.82) is 0 Å². The molecular weight excluding hydrogens is 248 g/mol. The molecule has 2 nitrogen and oxygen atoms in total. The molecule has 1 heterocycles. The quantitative estimate of drug-likeness (QED) is 0.651. The molecule has 1 rings (SSSR count). The Bertz CT molecular complexity index is 402. The Balaban J connectivity index is 2.64. The molecule has 0 atom stereocenters. The third kappa shape index (κ3) is 3.76. The summed E-state index contributed by atoms with van der Waals surface area (Å²) in [6.07, 6.45) is 1.92. The summed E-state index contributed by atoms with van der Waals surface area (Å²) in [4.78, 5) is 23.5. The van der Waals surface area contributed by atoms with Gasteiger partial charge in [0.05, 0.1) is 4.88 Å². The van der Waals surface area contributed by atoms with Crippen LogP contribution in [0.4, 0.5) is 0 Å². The van der Waals surface area contributed by atoms with Crippen molar-refractivity contribution in [3.63, 3.8) is 0 Å². The molecule has 1 aromatic rings. The first kappa shape index (κ1) is 14.6. The summed E-state index contributed by atoms with van der Waals surface area (Å²) in [5, 5.41) is 0.00732. The fraction of sp³-hybridized carbons (Fsp3) is 0.615. The summed E-state index contributed by atoms with van der Waals surface area (Å²) in [7, 11) is -2.12. The lowest BCUT2D eigenvalue weighted by Gasteiger charge is -2.34. The molecule has 0 spiro atoms. The minimum absolute atomic E-state index is 0.00732. The molecule has 0 saturated heterocycles. The Kier molecular flexibility index (Phi) is 4.33. The molecule has 4 heteroatoms. The van der Waals surface area contributed by atoms with E-state index in [2.05, 4.69) is 13.8 Å². The third-order valence-electron chi connectivity index (χ3n) is 3.66. The number of Topliss-reactive ketones (excluding diaryl/α,β-unsaturated/α-hetero) is 1. The van der Waals surface area contributed by atoms with Crippen molar-refractivity contribution in [2.45, 2.75) is 51.7 Å². The monoisotopic (exact) mass is 270 g/mol. The van der Waals surface area contributed by atoms with Crippen molar-refractivity contribution in [1.82, 2.24) is 0 Å². The van der Waals surface area contributed by atoms with Crippen LogP contribution in [0.1, 0.15) is 41.7 Å². The summed E-state index contributed by atoms with van der Waals surface area (Å²) >= 11 is 1.58. The Hall–Kier alpha value is -0.453. The van der Waals surface area contributed by atoms with E-state index in [1.165, 1.54) is 4.88 Å². The highest BCUT2D eigenvalue weighted by atomic mass is 32.1. The van der Waals surface area contributed by atoms with E-state index in [1.807, 2.05) is 25.2 Å². The molecule has 96 valence electrons. The van der Waals surface area contributed by atoms with Gasteiger partial charge in [0, 0.05) is 4.88 Å². The van der Waals surface area contributed by atoms with E-state index >= 15 is 0 Å². The standard InChI is InChI=1S/C13H22O2SSi/c1-10(14)12-7-6-11(16-12)8-9-13(2,3)17(4,5)15/h6-7,15H,8-9H2,1-5H3. The van der Waals surface area contributed by atoms with Gasteiger partial charge in [-0.15, -0.1) is 11.3 Å². The molecule has 0 bridgehead atoms. The largest absolute Gasteiger partial charge is 0.432 e. The van der Waals surface area contributed by atoms with Gasteiger partial charge in [0.25, 0.3) is 0 Å². The Morgan fingerprint density at radius 1 is 1.41 bits per heavy atom. The molecule has 0 saturated carbocycles. The maximum atomic E-state index is 11.2. The van der Waals surface area contributed by atoms with Crippen molar-refractivity contribution >= 4 is 25.4 Å². The topological polar surface area (TPSA) is 37.3 Å². The number of hydrogen-bond donors (Lipinski definition) is 1. The first-order valence-electron chi connectivity index (χ1n) is 5.95. The molecule has 0 unspecified atom stereocenters. The highest BCUT2D eigenvalue weighted by molar-refractivity contribution is 7.14. The number of hydrogen-bond acceptors (Lipinski definition) is 3. The fourth-order valence-electron chi connectivity index (χ4n) is 1.44. The number of aryl methyl sites for hydroxylation is 1. The Morgan fingerprint density at radius 2 is 2.00 bits per heavy atom. The van der Waals surface area contributed by atoms with Crippen molar-refractivity contribution in [2.75, 3.05) is 0 Å². The summed E-state index contributed by atoms with van der Waals surface area (Å²) < 4.78 is 0. The van der Waals surface area contributed by atoms with Crippen LogP contribution in [0, 0.1) is 0 Å². The molecule has 17 heavy (non-hydrogen) atoms. The zero-order valence-corrected chi connectivity index (χ0v) is 13.1. The molecule has 0 aliphatic carbocycles. The molecule has 0 amide bonds. The number of ketones is 1. The maximum absolute atomic E-state index is 11.2. The van der Waals surface area contributed by atoms with Gasteiger partial charge in [-0.25, -0.2) is 0 Å². The van der Waals surface area contributed by atoms with Crippen LogP contribution in [0.25, 0.3) is 0 Å². The van der Waals surface area contributed by atoms with E-state index in [-0.39, 0.29) is 10.8 Å². The molecule has 0 radical (unpaired) electrons. The first-order chi connectivity index (χ1) is 7.63. The Labute approximate surface area is 109 Å². The predicted molar refractivity (Wildman–Crippen MR) is 76.4 cm³/mol. The van der Waals surface area contributed by atoms with E-state index in [0.29, 0.717) is 0 Å². The van der Waals surface area contributed by atoms with Crippen LogP contribution in [0.5, 0.6) is 0 Å². The summed E-state index contributed by atoms with van der Waals surface area (Å²) in [6.45, 7) is 9.85. The molecule has 0 aromatic carbocycles. The SMILES string of the molecule is CC(=O)c1ccc(CCC(C)(C)[Si](C)(C)O)s1. The van der Waals surface area contributed by atoms with E-state index in [0.717, 1.165) is 17.7 Å². The van der Waals surface area contributed by atoms with Crippen molar-refractivity contribution in [2.24, 2.45) is 0 Å². The van der Waals surface area contributed by atoms with Gasteiger partial charge < -0.3 is 4.80 Å². The van der Waals surface area contributed by atoms with Crippen LogP contribution in [0.2, 0.25) is 18.1 Å². The van der Waals surface area contributed by atoms with Gasteiger partial charge in [0.15, 0.2) is 14.1 Å². The zero-order valence-electron chi connectivity index (χ0n) is 11.3. The van der Waals surface area contributed by atoms with Gasteiger partial charge in [-0.05, 0) is 50.0 Å². The second-order valence-corrected chi connectivity index (χ2v) is 11.4. The van der Waals surface area contributed by atoms with Gasteiger partial charge in [-0.2, -0.15) is 0 Å². The normalized spacial score (nSPS) is 12.8. The zero-order chi connectivity index (χ0) is 13.3. The smallest absolute Gasteiger partial charge is 0.188 e. The molecule has 1 aromatic heterocycles. The van der Waals surface area contributed by atoms with Gasteiger partial charge in [0.1, 0.15) is 0 Å². The average Bonchev–Trinajstić information content (AvgIpc) is 2.61. The van der Waals surface area contributed by atoms with Gasteiger partial charge in [-0.1, -0.05) is 13.8 Å². The first-order valence-corrected chi connectivity index (χ1v) is 9.72. The number of carbonyl (C=O) groups excluding carboxylic acids is 1. The summed E-state index contributed by atoms with van der Waals surface area (Å²) in [6, 6.07) is 3.93. The highest BCUT2D eigenvalue weighted by Gasteiger charge is 2.37. The molecule has 0 fully saturated rings. The van der Waals surface area contributed by atoms with Crippen LogP contribution in [0.3, 0.4) is 0 Å². The highest BCUT2D eigenvalue weighted by Crippen LogP contribution is 2.40. The average molecular weight is 270 g/mol. The van der Waals surface area contributed by atoms with Gasteiger partial charge >= 0.3 is 0 Å². The third-order valence-corrected chi connectivity index (χ3v) is 8.47. The van der Waals surface area contributed by atoms with E-state index in [1.54, 1.807) is 18.3 Å². The van der Waals surface area contributed by atoms with Crippen molar-refractivity contribution < 1.29 is 9.59 Å². The maximum Gasteiger partial charge on any atom is 0.188 e. The predicted octanol–water partition coefficient (Wildman–Crippen LogP) is 3.86. The minimum atomic E-state index is -2.12. The fourth-order valence-corrected chi connectivity index (χ4v) is 3.08. The second kappa shape index (κ2) is 5.04. The van der Waals surface area contributed by atoms with Gasteiger partial charge in [-0.3, -0.25) is 4.79 Å². The summed E-state index contributed by atoms with van der Waals surface area (Å²) in [5.41, 5.74) is 0. The number of thiophene rings is 1. The molecule has 1 N–H and O–H groups in total. The minimum Gasteiger partial charge on any atom is -0.432 e. The second-order valence-electron chi connectivity index (χ2n) is 5.77. The van der Waals surface area contributed by atoms with Crippen LogP contribution >= 0.6 is 11.3 Å². The molecular formula is C13H22O2SSi. The lowest BCUT2D eigenvalue weighted by atomic mass is 10.1. The van der Waals surface area contributed by atoms with Gasteiger partial charge in [0.2, 0.25) is 0 Å². The Morgan fingerprint density at radius 3 is 2.41 bits per heavy atom. The van der Waals surface area contributed by atoms with Crippen LogP contribution in [0.15, 0.2) is 12.1 Å². The van der Waals surface area contributed by atoms with Crippen molar-refractivity contribution in [3.05, 3.63) is 21.9 Å². The molecule has 0 aliphatic rings. The van der Waals surface area contributed by atoms with Crippen LogP contribution in [-0.2, 0) is 6.42 Å². The van der Waals surface area contributed by atoms with E-state index in [4.69, 9.17) is 0 Å². The lowest BCUT2D eigenvalue weighted by molar-refractivity contribution is 0.102.